The van der Waals surface area contributed by atoms with Gasteiger partial charge < -0.3 is 18.9 Å². The van der Waals surface area contributed by atoms with Gasteiger partial charge in [0.15, 0.2) is 5.75 Å². The van der Waals surface area contributed by atoms with Gasteiger partial charge in [0.05, 0.1) is 22.3 Å². The van der Waals surface area contributed by atoms with Gasteiger partial charge >= 0.3 is 0 Å². The van der Waals surface area contributed by atoms with E-state index in [9.17, 15) is 4.79 Å². The third kappa shape index (κ3) is 2.92. The molecule has 0 atom stereocenters. The highest BCUT2D eigenvalue weighted by Gasteiger charge is 2.27. The SMILES string of the molecule is COc1c(Cl)ccc2c3c(n(C)c12)CCN(C(=O)COCI)C3. The van der Waals surface area contributed by atoms with Gasteiger partial charge in [0, 0.05) is 43.2 Å². The number of carbonyl (C=O) groups is 1. The maximum atomic E-state index is 12.2. The first-order valence-corrected chi connectivity index (χ1v) is 9.23. The van der Waals surface area contributed by atoms with Crippen molar-refractivity contribution in [1.29, 1.82) is 0 Å². The minimum atomic E-state index is 0.0326. The molecule has 7 heteroatoms. The van der Waals surface area contributed by atoms with Crippen molar-refractivity contribution in [2.75, 3.05) is 24.9 Å². The van der Waals surface area contributed by atoms with Gasteiger partial charge in [0.2, 0.25) is 5.91 Å². The van der Waals surface area contributed by atoms with Crippen molar-refractivity contribution < 1.29 is 14.3 Å². The molecule has 23 heavy (non-hydrogen) atoms. The van der Waals surface area contributed by atoms with E-state index in [2.05, 4.69) is 27.2 Å². The quantitative estimate of drug-likeness (QED) is 0.533. The van der Waals surface area contributed by atoms with Crippen molar-refractivity contribution in [2.24, 2.45) is 7.05 Å². The maximum Gasteiger partial charge on any atom is 0.248 e. The van der Waals surface area contributed by atoms with Crippen LogP contribution in [0.4, 0.5) is 0 Å². The number of alkyl halides is 1. The first-order valence-electron chi connectivity index (χ1n) is 7.32. The first kappa shape index (κ1) is 16.9. The third-order valence-electron chi connectivity index (χ3n) is 4.32. The second-order valence-electron chi connectivity index (χ2n) is 5.48. The number of carbonyl (C=O) groups excluding carboxylic acids is 1. The number of aryl methyl sites for hydroxylation is 1. The van der Waals surface area contributed by atoms with Crippen molar-refractivity contribution in [2.45, 2.75) is 13.0 Å². The van der Waals surface area contributed by atoms with Crippen molar-refractivity contribution >= 4 is 51.0 Å². The molecule has 2 aromatic rings. The Labute approximate surface area is 153 Å². The molecular formula is C16H18ClIN2O3. The number of rotatable bonds is 4. The lowest BCUT2D eigenvalue weighted by molar-refractivity contribution is -0.136. The fourth-order valence-electron chi connectivity index (χ4n) is 3.25. The van der Waals surface area contributed by atoms with E-state index in [4.69, 9.17) is 21.1 Å². The summed E-state index contributed by atoms with van der Waals surface area (Å²) in [5, 5.41) is 1.69. The molecule has 0 saturated heterocycles. The van der Waals surface area contributed by atoms with E-state index in [1.165, 1.54) is 11.3 Å². The Balaban J connectivity index is 2.01. The van der Waals surface area contributed by atoms with E-state index in [0.29, 0.717) is 28.5 Å². The zero-order valence-corrected chi connectivity index (χ0v) is 16.0. The van der Waals surface area contributed by atoms with Crippen LogP contribution < -0.4 is 4.74 Å². The second-order valence-corrected chi connectivity index (χ2v) is 6.51. The van der Waals surface area contributed by atoms with Crippen LogP contribution in [0.5, 0.6) is 5.75 Å². The Morgan fingerprint density at radius 3 is 2.91 bits per heavy atom. The summed E-state index contributed by atoms with van der Waals surface area (Å²) < 4.78 is 13.4. The molecule has 124 valence electrons. The zero-order chi connectivity index (χ0) is 16.6. The van der Waals surface area contributed by atoms with E-state index in [1.807, 2.05) is 24.1 Å². The van der Waals surface area contributed by atoms with Crippen molar-refractivity contribution in [3.63, 3.8) is 0 Å². The van der Waals surface area contributed by atoms with Gasteiger partial charge in [-0.2, -0.15) is 0 Å². The Hall–Kier alpha value is -0.990. The molecule has 2 heterocycles. The number of hydrogen-bond donors (Lipinski definition) is 0. The average molecular weight is 449 g/mol. The van der Waals surface area contributed by atoms with E-state index in [1.54, 1.807) is 7.11 Å². The van der Waals surface area contributed by atoms with Crippen LogP contribution in [-0.2, 0) is 29.5 Å². The van der Waals surface area contributed by atoms with Crippen LogP contribution in [0.25, 0.3) is 10.9 Å². The second kappa shape index (κ2) is 6.86. The van der Waals surface area contributed by atoms with Gasteiger partial charge in [-0.05, 0) is 6.07 Å². The number of ether oxygens (including phenoxy) is 2. The van der Waals surface area contributed by atoms with Crippen LogP contribution in [0.15, 0.2) is 12.1 Å². The Kier molecular flexibility index (Phi) is 5.03. The molecule has 3 rings (SSSR count). The third-order valence-corrected chi connectivity index (χ3v) is 5.06. The number of amides is 1. The predicted molar refractivity (Wildman–Crippen MR) is 98.4 cm³/mol. The smallest absolute Gasteiger partial charge is 0.248 e. The molecule has 0 radical (unpaired) electrons. The fraction of sp³-hybridized carbons (Fsp3) is 0.438. The van der Waals surface area contributed by atoms with Gasteiger partial charge in [-0.15, -0.1) is 0 Å². The Morgan fingerprint density at radius 1 is 1.43 bits per heavy atom. The lowest BCUT2D eigenvalue weighted by atomic mass is 10.0. The van der Waals surface area contributed by atoms with Crippen molar-refractivity contribution in [3.05, 3.63) is 28.4 Å². The minimum absolute atomic E-state index is 0.0326. The van der Waals surface area contributed by atoms with Gasteiger partial charge in [0.1, 0.15) is 6.61 Å². The topological polar surface area (TPSA) is 43.7 Å². The normalized spacial score (nSPS) is 14.2. The number of methoxy groups -OCH3 is 1. The largest absolute Gasteiger partial charge is 0.493 e. The van der Waals surface area contributed by atoms with E-state index in [0.717, 1.165) is 17.3 Å². The zero-order valence-electron chi connectivity index (χ0n) is 13.1. The van der Waals surface area contributed by atoms with Crippen LogP contribution in [0, 0.1) is 0 Å². The summed E-state index contributed by atoms with van der Waals surface area (Å²) in [6.45, 7) is 1.44. The van der Waals surface area contributed by atoms with Crippen LogP contribution >= 0.6 is 34.2 Å². The molecule has 5 nitrogen and oxygen atoms in total. The summed E-state index contributed by atoms with van der Waals surface area (Å²) in [7, 11) is 3.65. The number of fused-ring (bicyclic) bond motifs is 3. The Morgan fingerprint density at radius 2 is 2.22 bits per heavy atom. The summed E-state index contributed by atoms with van der Waals surface area (Å²) >= 11 is 8.35. The molecule has 1 aliphatic rings. The highest BCUT2D eigenvalue weighted by atomic mass is 127. The molecule has 0 bridgehead atoms. The van der Waals surface area contributed by atoms with E-state index in [-0.39, 0.29) is 12.5 Å². The summed E-state index contributed by atoms with van der Waals surface area (Å²) in [6, 6.07) is 3.86. The van der Waals surface area contributed by atoms with Gasteiger partial charge in [-0.1, -0.05) is 40.3 Å². The van der Waals surface area contributed by atoms with Gasteiger partial charge in [-0.25, -0.2) is 0 Å². The lowest BCUT2D eigenvalue weighted by Crippen LogP contribution is -2.38. The highest BCUT2D eigenvalue weighted by molar-refractivity contribution is 14.1. The van der Waals surface area contributed by atoms with Crippen LogP contribution in [0.3, 0.4) is 0 Å². The number of benzene rings is 1. The van der Waals surface area contributed by atoms with E-state index >= 15 is 0 Å². The van der Waals surface area contributed by atoms with Gasteiger partial charge in [-0.3, -0.25) is 4.79 Å². The summed E-state index contributed by atoms with van der Waals surface area (Å²) in [5.41, 5.74) is 3.40. The number of halogens is 2. The molecule has 0 aliphatic carbocycles. The summed E-state index contributed by atoms with van der Waals surface area (Å²) in [6.07, 6.45) is 0.817. The number of nitrogens with zero attached hydrogens (tertiary/aromatic N) is 2. The minimum Gasteiger partial charge on any atom is -0.493 e. The van der Waals surface area contributed by atoms with Crippen LogP contribution in [0.2, 0.25) is 5.02 Å². The predicted octanol–water partition coefficient (Wildman–Crippen LogP) is 3.13. The maximum absolute atomic E-state index is 12.2. The van der Waals surface area contributed by atoms with Crippen LogP contribution in [0.1, 0.15) is 11.3 Å². The van der Waals surface area contributed by atoms with Crippen molar-refractivity contribution in [1.82, 2.24) is 9.47 Å². The lowest BCUT2D eigenvalue weighted by Gasteiger charge is -2.27. The molecule has 1 aromatic carbocycles. The molecule has 0 N–H and O–H groups in total. The number of aromatic nitrogens is 1. The van der Waals surface area contributed by atoms with Crippen LogP contribution in [-0.4, -0.2) is 40.2 Å². The van der Waals surface area contributed by atoms with Gasteiger partial charge in [0.25, 0.3) is 0 Å². The first-order chi connectivity index (χ1) is 11.1. The fourth-order valence-corrected chi connectivity index (χ4v) is 3.70. The standard InChI is InChI=1S/C16H18ClIN2O3/c1-19-13-5-6-20(14(21)8-23-9-18)7-11(13)10-3-4-12(17)16(22-2)15(10)19/h3-4H,5-9H2,1-2H3. The molecule has 1 aliphatic heterocycles. The molecule has 0 unspecified atom stereocenters. The molecule has 1 aromatic heterocycles. The Bertz CT molecular complexity index is 760. The average Bonchev–Trinajstić information content (AvgIpc) is 2.85. The molecule has 0 fully saturated rings. The monoisotopic (exact) mass is 448 g/mol. The molecular weight excluding hydrogens is 431 g/mol. The molecule has 0 spiro atoms. The summed E-state index contributed by atoms with van der Waals surface area (Å²) in [5.74, 6) is 0.720. The highest BCUT2D eigenvalue weighted by Crippen LogP contribution is 2.39. The molecule has 0 saturated carbocycles. The molecule has 1 amide bonds. The number of hydrogen-bond acceptors (Lipinski definition) is 3. The van der Waals surface area contributed by atoms with Crippen molar-refractivity contribution in [3.8, 4) is 5.75 Å². The summed E-state index contributed by atoms with van der Waals surface area (Å²) in [4.78, 5) is 14.1. The van der Waals surface area contributed by atoms with E-state index < -0.39 is 0 Å².